The van der Waals surface area contributed by atoms with Gasteiger partial charge in [-0.15, -0.1) is 0 Å². The third kappa shape index (κ3) is 4.74. The third-order valence-corrected chi connectivity index (χ3v) is 8.57. The van der Waals surface area contributed by atoms with Gasteiger partial charge in [-0.2, -0.15) is 0 Å². The van der Waals surface area contributed by atoms with Gasteiger partial charge in [0.1, 0.15) is 0 Å². The molecule has 2 N–H and O–H groups in total. The van der Waals surface area contributed by atoms with Crippen molar-refractivity contribution in [1.82, 2.24) is 19.9 Å². The molecule has 0 unspecified atom stereocenters. The average Bonchev–Trinajstić information content (AvgIpc) is 3.64. The fourth-order valence-corrected chi connectivity index (χ4v) is 5.84. The van der Waals surface area contributed by atoms with Crippen LogP contribution in [0.3, 0.4) is 0 Å². The summed E-state index contributed by atoms with van der Waals surface area (Å²) in [5.74, 6) is 0. The van der Waals surface area contributed by atoms with Gasteiger partial charge in [-0.05, 0) is 114 Å². The molecular formula is C26H14Br4N4Zn. The molecule has 8 bridgehead atoms. The minimum Gasteiger partial charge on any atom is -0.354 e. The molecule has 0 atom stereocenters. The van der Waals surface area contributed by atoms with Crippen LogP contribution < -0.4 is 0 Å². The Hall–Kier alpha value is -1.64. The Balaban J connectivity index is 0.00000253. The summed E-state index contributed by atoms with van der Waals surface area (Å²) in [6.45, 7) is 0. The van der Waals surface area contributed by atoms with E-state index in [1.165, 1.54) is 0 Å². The first kappa shape index (κ1) is 25.0. The van der Waals surface area contributed by atoms with Crippen LogP contribution in [-0.2, 0) is 19.5 Å². The van der Waals surface area contributed by atoms with Crippen molar-refractivity contribution in [3.05, 3.63) is 89.2 Å². The number of aromatic amines is 2. The number of halogens is 4. The molecule has 5 heterocycles. The second kappa shape index (κ2) is 10.0. The predicted molar refractivity (Wildman–Crippen MR) is 155 cm³/mol. The summed E-state index contributed by atoms with van der Waals surface area (Å²) in [6.07, 6.45) is 7.99. The molecule has 1 aromatic carbocycles. The Bertz CT molecular complexity index is 1720. The molecule has 9 heteroatoms. The Kier molecular flexibility index (Phi) is 7.17. The van der Waals surface area contributed by atoms with Crippen molar-refractivity contribution in [2.45, 2.75) is 0 Å². The van der Waals surface area contributed by atoms with Gasteiger partial charge < -0.3 is 9.97 Å². The first-order valence-corrected chi connectivity index (χ1v) is 13.5. The Morgan fingerprint density at radius 1 is 0.600 bits per heavy atom. The molecule has 2 aliphatic rings. The first-order chi connectivity index (χ1) is 16.5. The number of hydrogen-bond acceptors (Lipinski definition) is 2. The molecule has 4 aromatic rings. The average molecular weight is 767 g/mol. The van der Waals surface area contributed by atoms with E-state index in [0.717, 1.165) is 73.9 Å². The van der Waals surface area contributed by atoms with Crippen LogP contribution in [0.5, 0.6) is 0 Å². The summed E-state index contributed by atoms with van der Waals surface area (Å²) in [5, 5.41) is 0. The zero-order valence-corrected chi connectivity index (χ0v) is 27.4. The van der Waals surface area contributed by atoms with Gasteiger partial charge in [0.25, 0.3) is 0 Å². The van der Waals surface area contributed by atoms with Gasteiger partial charge >= 0.3 is 0 Å². The molecular weight excluding hydrogens is 753 g/mol. The standard InChI is InChI=1S/C26H14Br4N4.Zn/c27-14-3-1-2-13(10-14)17-12-16-11-15-4-5-18(31-15)23(28)19-6-7-20(33-19)24(29)21-8-9-22(34-21)25(30)26(17)32-16;/h1-12,31-32H;. The number of benzene rings is 1. The second-order valence-corrected chi connectivity index (χ2v) is 11.2. The number of nitrogens with zero attached hydrogens (tertiary/aromatic N) is 2. The van der Waals surface area contributed by atoms with Gasteiger partial charge in [0.15, 0.2) is 0 Å². The molecule has 0 saturated carbocycles. The van der Waals surface area contributed by atoms with E-state index in [9.17, 15) is 0 Å². The topological polar surface area (TPSA) is 57.4 Å². The SMILES string of the molecule is Brc1cccc(-c2cc3cc4ccc([nH]4)c(Br)c4nc(c(Br)c5nc(c(Br)c2[nH]3)C=C5)C=C4)c1.[Zn]. The van der Waals surface area contributed by atoms with Gasteiger partial charge in [0.2, 0.25) is 0 Å². The summed E-state index contributed by atoms with van der Waals surface area (Å²) in [5.41, 5.74) is 9.41. The Morgan fingerprint density at radius 2 is 1.26 bits per heavy atom. The monoisotopic (exact) mass is 762 g/mol. The molecule has 3 aromatic heterocycles. The molecule has 0 aliphatic carbocycles. The summed E-state index contributed by atoms with van der Waals surface area (Å²) in [4.78, 5) is 16.7. The fraction of sp³-hybridized carbons (Fsp3) is 0. The van der Waals surface area contributed by atoms with Crippen molar-refractivity contribution in [3.8, 4) is 11.1 Å². The molecule has 4 nitrogen and oxygen atoms in total. The number of nitrogens with one attached hydrogen (secondary N) is 2. The molecule has 6 rings (SSSR count). The van der Waals surface area contributed by atoms with E-state index in [2.05, 4.69) is 104 Å². The van der Waals surface area contributed by atoms with E-state index < -0.39 is 0 Å². The van der Waals surface area contributed by atoms with Crippen LogP contribution in [0.15, 0.2) is 66.4 Å². The van der Waals surface area contributed by atoms with Gasteiger partial charge in [-0.3, -0.25) is 0 Å². The summed E-state index contributed by atoms with van der Waals surface area (Å²) in [7, 11) is 0. The number of aromatic nitrogens is 4. The minimum absolute atomic E-state index is 0. The van der Waals surface area contributed by atoms with Crippen molar-refractivity contribution in [1.29, 1.82) is 0 Å². The van der Waals surface area contributed by atoms with Crippen LogP contribution in [0.25, 0.3) is 57.5 Å². The van der Waals surface area contributed by atoms with Crippen LogP contribution in [0, 0.1) is 0 Å². The van der Waals surface area contributed by atoms with Gasteiger partial charge in [-0.25, -0.2) is 9.97 Å². The maximum absolute atomic E-state index is 4.88. The van der Waals surface area contributed by atoms with E-state index in [0.29, 0.717) is 0 Å². The van der Waals surface area contributed by atoms with Crippen LogP contribution >= 0.6 is 63.7 Å². The number of H-pyrrole nitrogens is 2. The maximum Gasteiger partial charge on any atom is 0.0802 e. The molecule has 0 amide bonds. The number of fused-ring (bicyclic) bond motifs is 8. The third-order valence-electron chi connectivity index (χ3n) is 5.63. The van der Waals surface area contributed by atoms with Crippen molar-refractivity contribution >= 4 is 110 Å². The zero-order chi connectivity index (χ0) is 23.4. The molecule has 0 saturated heterocycles. The number of hydrogen-bond donors (Lipinski definition) is 2. The molecule has 0 spiro atoms. The molecule has 168 valence electrons. The van der Waals surface area contributed by atoms with Crippen LogP contribution in [-0.4, -0.2) is 19.9 Å². The summed E-state index contributed by atoms with van der Waals surface area (Å²) < 4.78 is 3.66. The van der Waals surface area contributed by atoms with Gasteiger partial charge in [-0.1, -0.05) is 28.1 Å². The smallest absolute Gasteiger partial charge is 0.0802 e. The maximum atomic E-state index is 4.88. The van der Waals surface area contributed by atoms with Crippen LogP contribution in [0.4, 0.5) is 0 Å². The van der Waals surface area contributed by atoms with E-state index in [1.807, 2.05) is 42.5 Å². The van der Waals surface area contributed by atoms with E-state index in [4.69, 9.17) is 9.97 Å². The summed E-state index contributed by atoms with van der Waals surface area (Å²) in [6, 6.07) is 16.7. The van der Waals surface area contributed by atoms with Crippen molar-refractivity contribution in [2.24, 2.45) is 0 Å². The van der Waals surface area contributed by atoms with Crippen LogP contribution in [0.1, 0.15) is 22.8 Å². The minimum atomic E-state index is 0. The predicted octanol–water partition coefficient (Wildman–Crippen LogP) is 9.37. The summed E-state index contributed by atoms with van der Waals surface area (Å²) >= 11 is 14.9. The van der Waals surface area contributed by atoms with E-state index in [-0.39, 0.29) is 19.5 Å². The van der Waals surface area contributed by atoms with Crippen molar-refractivity contribution < 1.29 is 19.5 Å². The van der Waals surface area contributed by atoms with E-state index >= 15 is 0 Å². The zero-order valence-electron chi connectivity index (χ0n) is 18.0. The molecule has 2 aliphatic heterocycles. The van der Waals surface area contributed by atoms with Gasteiger partial charge in [0, 0.05) is 40.5 Å². The van der Waals surface area contributed by atoms with Crippen molar-refractivity contribution in [2.75, 3.05) is 0 Å². The first-order valence-electron chi connectivity index (χ1n) is 10.4. The van der Waals surface area contributed by atoms with E-state index in [1.54, 1.807) is 0 Å². The molecule has 0 fully saturated rings. The number of rotatable bonds is 1. The van der Waals surface area contributed by atoms with Crippen LogP contribution in [0.2, 0.25) is 0 Å². The normalized spacial score (nSPS) is 12.1. The second-order valence-electron chi connectivity index (χ2n) is 7.87. The largest absolute Gasteiger partial charge is 0.354 e. The Labute approximate surface area is 247 Å². The van der Waals surface area contributed by atoms with Gasteiger partial charge in [0.05, 0.1) is 47.2 Å². The fourth-order valence-electron chi connectivity index (χ4n) is 4.01. The molecule has 35 heavy (non-hydrogen) atoms. The quantitative estimate of drug-likeness (QED) is 0.164. The Morgan fingerprint density at radius 3 is 1.94 bits per heavy atom. The van der Waals surface area contributed by atoms with Crippen molar-refractivity contribution in [3.63, 3.8) is 0 Å². The molecule has 0 radical (unpaired) electrons.